The number of aromatic nitrogens is 3. The molecule has 0 spiro atoms. The van der Waals surface area contributed by atoms with Crippen molar-refractivity contribution in [1.29, 1.82) is 5.26 Å². The Bertz CT molecular complexity index is 1030. The van der Waals surface area contributed by atoms with Crippen LogP contribution in [0.2, 0.25) is 0 Å². The first-order valence-corrected chi connectivity index (χ1v) is 9.77. The van der Waals surface area contributed by atoms with Gasteiger partial charge in [-0.15, -0.1) is 10.2 Å². The smallest absolute Gasteiger partial charge is 0.232 e. The lowest BCUT2D eigenvalue weighted by Gasteiger charge is -2.28. The summed E-state index contributed by atoms with van der Waals surface area (Å²) in [5.74, 6) is 1.24. The molecule has 1 saturated heterocycles. The Morgan fingerprint density at radius 3 is 2.46 bits per heavy atom. The minimum absolute atomic E-state index is 0.447. The Labute approximate surface area is 171 Å². The largest absolute Gasteiger partial charge is 0.378 e. The number of halogens is 1. The van der Waals surface area contributed by atoms with E-state index in [1.807, 2.05) is 65.2 Å². The number of para-hydroxylation sites is 1. The highest BCUT2D eigenvalue weighted by Crippen LogP contribution is 2.27. The van der Waals surface area contributed by atoms with E-state index in [2.05, 4.69) is 37.1 Å². The summed E-state index contributed by atoms with van der Waals surface area (Å²) in [5.41, 5.74) is 2.27. The van der Waals surface area contributed by atoms with Crippen molar-refractivity contribution in [1.82, 2.24) is 14.8 Å². The molecule has 0 aliphatic carbocycles. The molecule has 1 fully saturated rings. The standard InChI is InChI=1S/C21H18BrN5O/c22-19-9-5-4-6-16(19)14-17(15-23)20-24-25-21(26-10-12-28-13-11-26)27(20)18-7-2-1-3-8-18/h1-9,14H,10-13H2/b17-14+. The zero-order valence-corrected chi connectivity index (χ0v) is 16.7. The summed E-state index contributed by atoms with van der Waals surface area (Å²) in [6, 6.07) is 19.9. The number of anilines is 1. The summed E-state index contributed by atoms with van der Waals surface area (Å²) in [5, 5.41) is 18.7. The molecule has 140 valence electrons. The molecule has 0 unspecified atom stereocenters. The highest BCUT2D eigenvalue weighted by molar-refractivity contribution is 9.10. The number of nitrogens with zero attached hydrogens (tertiary/aromatic N) is 5. The fraction of sp³-hybridized carbons (Fsp3) is 0.190. The average Bonchev–Trinajstić information content (AvgIpc) is 3.19. The van der Waals surface area contributed by atoms with E-state index in [1.165, 1.54) is 0 Å². The lowest BCUT2D eigenvalue weighted by atomic mass is 10.1. The van der Waals surface area contributed by atoms with Crippen LogP contribution in [0.1, 0.15) is 11.4 Å². The van der Waals surface area contributed by atoms with Gasteiger partial charge in [0.25, 0.3) is 0 Å². The fourth-order valence-electron chi connectivity index (χ4n) is 3.13. The summed E-state index contributed by atoms with van der Waals surface area (Å²) in [7, 11) is 0. The minimum atomic E-state index is 0.447. The van der Waals surface area contributed by atoms with Gasteiger partial charge in [0.05, 0.1) is 24.5 Å². The first-order chi connectivity index (χ1) is 13.8. The molecule has 1 aliphatic rings. The van der Waals surface area contributed by atoms with Crippen LogP contribution >= 0.6 is 15.9 Å². The van der Waals surface area contributed by atoms with E-state index in [4.69, 9.17) is 4.74 Å². The fourth-order valence-corrected chi connectivity index (χ4v) is 3.53. The molecule has 0 radical (unpaired) electrons. The van der Waals surface area contributed by atoms with Crippen LogP contribution in [0.3, 0.4) is 0 Å². The molecule has 28 heavy (non-hydrogen) atoms. The summed E-state index contributed by atoms with van der Waals surface area (Å²) in [6.45, 7) is 2.77. The second-order valence-electron chi connectivity index (χ2n) is 6.29. The second-order valence-corrected chi connectivity index (χ2v) is 7.14. The van der Waals surface area contributed by atoms with Crippen molar-refractivity contribution in [3.63, 3.8) is 0 Å². The molecule has 3 aromatic rings. The lowest BCUT2D eigenvalue weighted by Crippen LogP contribution is -2.38. The van der Waals surface area contributed by atoms with Gasteiger partial charge in [-0.2, -0.15) is 5.26 Å². The van der Waals surface area contributed by atoms with E-state index in [0.717, 1.165) is 34.8 Å². The average molecular weight is 436 g/mol. The van der Waals surface area contributed by atoms with Crippen LogP contribution in [0.5, 0.6) is 0 Å². The second kappa shape index (κ2) is 8.38. The molecule has 2 heterocycles. The molecular formula is C21H18BrN5O. The van der Waals surface area contributed by atoms with Gasteiger partial charge in [0.2, 0.25) is 5.95 Å². The van der Waals surface area contributed by atoms with Crippen molar-refractivity contribution in [2.75, 3.05) is 31.2 Å². The minimum Gasteiger partial charge on any atom is -0.378 e. The Morgan fingerprint density at radius 1 is 1.04 bits per heavy atom. The molecule has 0 N–H and O–H groups in total. The Balaban J connectivity index is 1.85. The van der Waals surface area contributed by atoms with Gasteiger partial charge in [-0.3, -0.25) is 4.57 Å². The van der Waals surface area contributed by atoms with Gasteiger partial charge in [-0.1, -0.05) is 52.3 Å². The van der Waals surface area contributed by atoms with Crippen LogP contribution in [-0.4, -0.2) is 41.1 Å². The Hall–Kier alpha value is -2.95. The molecule has 2 aromatic carbocycles. The summed E-state index contributed by atoms with van der Waals surface area (Å²) in [4.78, 5) is 2.14. The van der Waals surface area contributed by atoms with Crippen molar-refractivity contribution in [3.05, 3.63) is 70.5 Å². The van der Waals surface area contributed by atoms with Gasteiger partial charge in [-0.25, -0.2) is 0 Å². The summed E-state index contributed by atoms with van der Waals surface area (Å²) < 4.78 is 8.33. The number of hydrogen-bond donors (Lipinski definition) is 0. The number of rotatable bonds is 4. The van der Waals surface area contributed by atoms with Gasteiger partial charge >= 0.3 is 0 Å². The predicted molar refractivity (Wildman–Crippen MR) is 112 cm³/mol. The lowest BCUT2D eigenvalue weighted by molar-refractivity contribution is 0.122. The number of ether oxygens (including phenoxy) is 1. The number of morpholine rings is 1. The van der Waals surface area contributed by atoms with Crippen LogP contribution in [0.25, 0.3) is 17.3 Å². The normalized spacial score (nSPS) is 14.7. The molecule has 4 rings (SSSR count). The quantitative estimate of drug-likeness (QED) is 0.580. The molecule has 0 bridgehead atoms. The molecule has 0 saturated carbocycles. The molecule has 0 amide bonds. The van der Waals surface area contributed by atoms with E-state index >= 15 is 0 Å². The van der Waals surface area contributed by atoms with E-state index in [9.17, 15) is 5.26 Å². The molecule has 0 atom stereocenters. The highest BCUT2D eigenvalue weighted by Gasteiger charge is 2.23. The number of nitriles is 1. The van der Waals surface area contributed by atoms with Crippen molar-refractivity contribution in [2.45, 2.75) is 0 Å². The van der Waals surface area contributed by atoms with Gasteiger partial charge in [-0.05, 0) is 29.8 Å². The third-order valence-electron chi connectivity index (χ3n) is 4.52. The van der Waals surface area contributed by atoms with Crippen LogP contribution in [0.4, 0.5) is 5.95 Å². The molecule has 6 nitrogen and oxygen atoms in total. The van der Waals surface area contributed by atoms with Crippen LogP contribution in [-0.2, 0) is 4.74 Å². The zero-order valence-electron chi connectivity index (χ0n) is 15.1. The topological polar surface area (TPSA) is 67.0 Å². The maximum absolute atomic E-state index is 9.87. The SMILES string of the molecule is N#C/C(=C\c1ccccc1Br)c1nnc(N2CCOCC2)n1-c1ccccc1. The van der Waals surface area contributed by atoms with Crippen molar-refractivity contribution in [3.8, 4) is 11.8 Å². The molecule has 1 aliphatic heterocycles. The van der Waals surface area contributed by atoms with Gasteiger partial charge in [0.15, 0.2) is 5.82 Å². The first kappa shape index (κ1) is 18.4. The maximum Gasteiger partial charge on any atom is 0.232 e. The van der Waals surface area contributed by atoms with Gasteiger partial charge < -0.3 is 9.64 Å². The predicted octanol–water partition coefficient (Wildman–Crippen LogP) is 3.93. The van der Waals surface area contributed by atoms with Crippen LogP contribution < -0.4 is 4.90 Å². The number of hydrogen-bond acceptors (Lipinski definition) is 5. The number of allylic oxidation sites excluding steroid dienone is 1. The third kappa shape index (κ3) is 3.70. The molecule has 7 heteroatoms. The highest BCUT2D eigenvalue weighted by atomic mass is 79.9. The Kier molecular flexibility index (Phi) is 5.51. The van der Waals surface area contributed by atoms with Crippen molar-refractivity contribution >= 4 is 33.5 Å². The maximum atomic E-state index is 9.87. The summed E-state index contributed by atoms with van der Waals surface area (Å²) in [6.07, 6.45) is 1.83. The van der Waals surface area contributed by atoms with Crippen LogP contribution in [0.15, 0.2) is 59.1 Å². The van der Waals surface area contributed by atoms with Gasteiger partial charge in [0, 0.05) is 17.6 Å². The Morgan fingerprint density at radius 2 is 1.75 bits per heavy atom. The molecule has 1 aromatic heterocycles. The van der Waals surface area contributed by atoms with Crippen molar-refractivity contribution < 1.29 is 4.74 Å². The number of benzene rings is 2. The first-order valence-electron chi connectivity index (χ1n) is 8.98. The third-order valence-corrected chi connectivity index (χ3v) is 5.24. The molecular weight excluding hydrogens is 418 g/mol. The van der Waals surface area contributed by atoms with E-state index in [-0.39, 0.29) is 0 Å². The van der Waals surface area contributed by atoms with E-state index in [1.54, 1.807) is 0 Å². The van der Waals surface area contributed by atoms with E-state index < -0.39 is 0 Å². The van der Waals surface area contributed by atoms with Gasteiger partial charge in [0.1, 0.15) is 6.07 Å². The monoisotopic (exact) mass is 435 g/mol. The van der Waals surface area contributed by atoms with E-state index in [0.29, 0.717) is 24.6 Å². The van der Waals surface area contributed by atoms with Crippen LogP contribution in [0, 0.1) is 11.3 Å². The summed E-state index contributed by atoms with van der Waals surface area (Å²) >= 11 is 3.54. The van der Waals surface area contributed by atoms with Crippen molar-refractivity contribution in [2.24, 2.45) is 0 Å². The zero-order chi connectivity index (χ0) is 19.3.